The number of aromatic nitrogens is 7. The summed E-state index contributed by atoms with van der Waals surface area (Å²) in [7, 11) is 0. The van der Waals surface area contributed by atoms with Crippen LogP contribution in [0.1, 0.15) is 28.2 Å². The molecule has 176 valence electrons. The summed E-state index contributed by atoms with van der Waals surface area (Å²) in [6, 6.07) is 15.0. The highest BCUT2D eigenvalue weighted by Crippen LogP contribution is 2.23. The molecule has 4 N–H and O–H groups in total. The first-order valence-corrected chi connectivity index (χ1v) is 11.6. The summed E-state index contributed by atoms with van der Waals surface area (Å²) in [4.78, 5) is 40.3. The summed E-state index contributed by atoms with van der Waals surface area (Å²) in [5.41, 5.74) is 8.19. The van der Waals surface area contributed by atoms with Crippen molar-refractivity contribution in [2.45, 2.75) is 23.8 Å². The second kappa shape index (κ2) is 10.2. The van der Waals surface area contributed by atoms with Gasteiger partial charge in [0.2, 0.25) is 17.6 Å². The highest BCUT2D eigenvalue weighted by molar-refractivity contribution is 7.98. The average Bonchev–Trinajstić information content (AvgIpc) is 3.65. The Hall–Kier alpha value is -4.52. The molecule has 13 heteroatoms. The maximum atomic E-state index is 12.3. The molecule has 2 aromatic carbocycles. The Kier molecular flexibility index (Phi) is 6.48. The van der Waals surface area contributed by atoms with Gasteiger partial charge >= 0.3 is 0 Å². The lowest BCUT2D eigenvalue weighted by Crippen LogP contribution is -2.41. The lowest BCUT2D eigenvalue weighted by Gasteiger charge is -2.07. The molecular formula is C22H19N9O3S. The topological polar surface area (TPSA) is 167 Å². The molecule has 0 unspecified atom stereocenters. The molecule has 0 aliphatic carbocycles. The van der Waals surface area contributed by atoms with Crippen molar-refractivity contribution in [3.63, 3.8) is 0 Å². The molecule has 0 saturated heterocycles. The number of carbonyl (C=O) groups is 2. The van der Waals surface area contributed by atoms with Crippen LogP contribution in [-0.2, 0) is 17.0 Å². The minimum atomic E-state index is -0.416. The summed E-state index contributed by atoms with van der Waals surface area (Å²) < 4.78 is 5.08. The number of carbonyl (C=O) groups excluding carboxylic acids is 2. The lowest BCUT2D eigenvalue weighted by molar-refractivity contribution is -0.121. The third-order valence-electron chi connectivity index (χ3n) is 4.94. The van der Waals surface area contributed by atoms with Gasteiger partial charge in [-0.1, -0.05) is 41.2 Å². The van der Waals surface area contributed by atoms with Crippen molar-refractivity contribution < 1.29 is 14.1 Å². The highest BCUT2D eigenvalue weighted by Gasteiger charge is 2.13. The predicted molar refractivity (Wildman–Crippen MR) is 126 cm³/mol. The van der Waals surface area contributed by atoms with E-state index in [2.05, 4.69) is 46.1 Å². The van der Waals surface area contributed by atoms with E-state index in [1.54, 1.807) is 23.9 Å². The SMILES string of the molecule is O=C(CCc1nc(-c2ncn[nH]2)no1)NNC(=O)c1ccc(CSc2nc3ccccc3[nH]2)cc1. The molecule has 12 nitrogen and oxygen atoms in total. The van der Waals surface area contributed by atoms with Gasteiger partial charge in [0.25, 0.3) is 5.91 Å². The molecule has 0 spiro atoms. The van der Waals surface area contributed by atoms with Crippen LogP contribution in [0.5, 0.6) is 0 Å². The molecule has 5 aromatic rings. The third kappa shape index (κ3) is 5.52. The molecule has 0 bridgehead atoms. The van der Waals surface area contributed by atoms with Gasteiger partial charge in [-0.05, 0) is 29.8 Å². The van der Waals surface area contributed by atoms with Crippen molar-refractivity contribution in [1.29, 1.82) is 0 Å². The molecule has 35 heavy (non-hydrogen) atoms. The van der Waals surface area contributed by atoms with Gasteiger partial charge in [0.15, 0.2) is 11.0 Å². The molecule has 3 aromatic heterocycles. The van der Waals surface area contributed by atoms with E-state index < -0.39 is 11.8 Å². The Balaban J connectivity index is 1.06. The second-order valence-corrected chi connectivity index (χ2v) is 8.36. The summed E-state index contributed by atoms with van der Waals surface area (Å²) in [5, 5.41) is 10.9. The Morgan fingerprint density at radius 1 is 1.03 bits per heavy atom. The summed E-state index contributed by atoms with van der Waals surface area (Å²) in [6.45, 7) is 0. The number of para-hydroxylation sites is 2. The van der Waals surface area contributed by atoms with E-state index in [9.17, 15) is 9.59 Å². The van der Waals surface area contributed by atoms with Crippen molar-refractivity contribution in [2.75, 3.05) is 0 Å². The number of thioether (sulfide) groups is 1. The first-order valence-electron chi connectivity index (χ1n) is 10.6. The third-order valence-corrected chi connectivity index (χ3v) is 5.88. The number of nitrogens with zero attached hydrogens (tertiary/aromatic N) is 5. The fourth-order valence-corrected chi connectivity index (χ4v) is 3.99. The molecule has 0 saturated carbocycles. The fraction of sp³-hybridized carbons (Fsp3) is 0.136. The molecule has 0 aliphatic rings. The van der Waals surface area contributed by atoms with E-state index in [1.165, 1.54) is 6.33 Å². The highest BCUT2D eigenvalue weighted by atomic mass is 32.2. The molecule has 5 rings (SSSR count). The van der Waals surface area contributed by atoms with E-state index in [0.717, 1.165) is 21.8 Å². The van der Waals surface area contributed by atoms with Crippen molar-refractivity contribution in [1.82, 2.24) is 46.1 Å². The van der Waals surface area contributed by atoms with Gasteiger partial charge in [0, 0.05) is 24.2 Å². The van der Waals surface area contributed by atoms with Crippen molar-refractivity contribution in [3.8, 4) is 11.6 Å². The molecule has 0 atom stereocenters. The molecule has 3 heterocycles. The van der Waals surface area contributed by atoms with Gasteiger partial charge in [0.1, 0.15) is 6.33 Å². The Morgan fingerprint density at radius 3 is 2.69 bits per heavy atom. The smallest absolute Gasteiger partial charge is 0.269 e. The van der Waals surface area contributed by atoms with Gasteiger partial charge in [-0.15, -0.1) is 0 Å². The van der Waals surface area contributed by atoms with Crippen molar-refractivity contribution in [2.24, 2.45) is 0 Å². The number of hydrogen-bond acceptors (Lipinski definition) is 9. The zero-order chi connectivity index (χ0) is 24.0. The standard InChI is InChI=1S/C22H19N9O3S/c32-17(9-10-18-27-20(31-34-18)19-23-12-24-29-19)28-30-21(33)14-7-5-13(6-8-14)11-35-22-25-15-3-1-2-4-16(15)26-22/h1-8,12H,9-11H2,(H,25,26)(H,28,32)(H,30,33)(H,23,24,29). The molecular weight excluding hydrogens is 470 g/mol. The van der Waals surface area contributed by atoms with E-state index in [4.69, 9.17) is 4.52 Å². The first kappa shape index (κ1) is 22.3. The van der Waals surface area contributed by atoms with Crippen LogP contribution in [0.2, 0.25) is 0 Å². The van der Waals surface area contributed by atoms with Crippen LogP contribution >= 0.6 is 11.8 Å². The lowest BCUT2D eigenvalue weighted by atomic mass is 10.1. The van der Waals surface area contributed by atoms with Crippen LogP contribution in [0.15, 0.2) is 64.5 Å². The van der Waals surface area contributed by atoms with Gasteiger partial charge in [-0.3, -0.25) is 25.5 Å². The second-order valence-electron chi connectivity index (χ2n) is 7.39. The number of imidazole rings is 1. The van der Waals surface area contributed by atoms with Gasteiger partial charge in [0.05, 0.1) is 11.0 Å². The molecule has 2 amide bonds. The number of H-pyrrole nitrogens is 2. The van der Waals surface area contributed by atoms with Crippen LogP contribution in [0, 0.1) is 0 Å². The maximum absolute atomic E-state index is 12.3. The quantitative estimate of drug-likeness (QED) is 0.189. The van der Waals surface area contributed by atoms with E-state index in [0.29, 0.717) is 17.1 Å². The van der Waals surface area contributed by atoms with Gasteiger partial charge in [-0.25, -0.2) is 9.97 Å². The van der Waals surface area contributed by atoms with Crippen LogP contribution in [0.4, 0.5) is 0 Å². The van der Waals surface area contributed by atoms with Gasteiger partial charge < -0.3 is 9.51 Å². The molecule has 0 aliphatic heterocycles. The zero-order valence-electron chi connectivity index (χ0n) is 18.2. The monoisotopic (exact) mass is 489 g/mol. The van der Waals surface area contributed by atoms with E-state index in [-0.39, 0.29) is 24.6 Å². The minimum Gasteiger partial charge on any atom is -0.339 e. The maximum Gasteiger partial charge on any atom is 0.269 e. The average molecular weight is 490 g/mol. The molecule has 0 fully saturated rings. The fourth-order valence-electron chi connectivity index (χ4n) is 3.15. The number of hydrazine groups is 1. The first-order chi connectivity index (χ1) is 17.1. The number of fused-ring (bicyclic) bond motifs is 1. The number of rotatable bonds is 8. The summed E-state index contributed by atoms with van der Waals surface area (Å²) in [5.74, 6) is 0.791. The van der Waals surface area contributed by atoms with Crippen molar-refractivity contribution in [3.05, 3.63) is 71.9 Å². The Morgan fingerprint density at radius 2 is 1.89 bits per heavy atom. The van der Waals surface area contributed by atoms with Crippen LogP contribution in [-0.4, -0.2) is 47.1 Å². The number of aromatic amines is 2. The predicted octanol–water partition coefficient (Wildman–Crippen LogP) is 2.42. The van der Waals surface area contributed by atoms with E-state index in [1.807, 2.05) is 36.4 Å². The Labute approximate surface area is 202 Å². The normalized spacial score (nSPS) is 11.0. The van der Waals surface area contributed by atoms with Crippen molar-refractivity contribution >= 4 is 34.6 Å². The summed E-state index contributed by atoms with van der Waals surface area (Å²) >= 11 is 1.58. The minimum absolute atomic E-state index is 0.0519. The van der Waals surface area contributed by atoms with Crippen LogP contribution < -0.4 is 10.9 Å². The Bertz CT molecular complexity index is 1410. The number of hydrogen-bond donors (Lipinski definition) is 4. The number of benzene rings is 2. The summed E-state index contributed by atoms with van der Waals surface area (Å²) in [6.07, 6.45) is 1.59. The van der Waals surface area contributed by atoms with Gasteiger partial charge in [-0.2, -0.15) is 10.1 Å². The van der Waals surface area contributed by atoms with Crippen LogP contribution in [0.3, 0.4) is 0 Å². The zero-order valence-corrected chi connectivity index (χ0v) is 19.0. The number of amides is 2. The number of aryl methyl sites for hydroxylation is 1. The molecule has 0 radical (unpaired) electrons. The van der Waals surface area contributed by atoms with Crippen LogP contribution in [0.25, 0.3) is 22.7 Å². The largest absolute Gasteiger partial charge is 0.339 e. The van der Waals surface area contributed by atoms with E-state index >= 15 is 0 Å². The number of nitrogens with one attached hydrogen (secondary N) is 4.